The number of benzene rings is 2. The minimum absolute atomic E-state index is 0.0518. The Balaban J connectivity index is 1.37. The molecule has 0 aromatic heterocycles. The molecule has 1 saturated heterocycles. The monoisotopic (exact) mass is 446 g/mol. The smallest absolute Gasteiger partial charge is 0.224 e. The first kappa shape index (κ1) is 24.9. The Labute approximate surface area is 199 Å². The molecule has 4 heteroatoms. The van der Waals surface area contributed by atoms with E-state index in [1.807, 2.05) is 42.5 Å². The van der Waals surface area contributed by atoms with Gasteiger partial charge in [0, 0.05) is 19.1 Å². The van der Waals surface area contributed by atoms with Gasteiger partial charge in [0.1, 0.15) is 0 Å². The van der Waals surface area contributed by atoms with E-state index < -0.39 is 0 Å². The summed E-state index contributed by atoms with van der Waals surface area (Å²) >= 11 is 0. The van der Waals surface area contributed by atoms with Crippen LogP contribution in [0.5, 0.6) is 0 Å². The first-order valence-corrected chi connectivity index (χ1v) is 12.1. The fourth-order valence-electron chi connectivity index (χ4n) is 4.25. The Morgan fingerprint density at radius 1 is 1.18 bits per heavy atom. The highest BCUT2D eigenvalue weighted by Gasteiger charge is 2.21. The highest BCUT2D eigenvalue weighted by atomic mass is 16.5. The minimum Gasteiger partial charge on any atom is -0.375 e. The third-order valence-corrected chi connectivity index (χ3v) is 6.15. The summed E-state index contributed by atoms with van der Waals surface area (Å²) in [4.78, 5) is 12.2. The van der Waals surface area contributed by atoms with E-state index in [0.717, 1.165) is 37.8 Å². The van der Waals surface area contributed by atoms with Crippen molar-refractivity contribution in [1.82, 2.24) is 10.6 Å². The Morgan fingerprint density at radius 3 is 2.67 bits per heavy atom. The van der Waals surface area contributed by atoms with Crippen molar-refractivity contribution >= 4 is 5.91 Å². The lowest BCUT2D eigenvalue weighted by Crippen LogP contribution is -2.51. The number of carbonyl (C=O) groups excluding carboxylic acids is 1. The normalized spacial score (nSPS) is 19.3. The van der Waals surface area contributed by atoms with Crippen molar-refractivity contribution in [3.8, 4) is 0 Å². The summed E-state index contributed by atoms with van der Waals surface area (Å²) in [5.74, 6) is 0.656. The predicted octanol–water partition coefficient (Wildman–Crippen LogP) is 4.65. The molecule has 1 aliphatic heterocycles. The standard InChI is InChI=1S/C29H38N2O2/c1-3-4-6-11-23(2)18-26-15-10-9-14-25(26)16-17-28-21-30-27(22-33-28)20-31-29(32)19-24-12-7-5-8-13-24/h3-10,12-15,23,27-28,30H,1,11,16-22H2,2H3,(H,31,32). The predicted molar refractivity (Wildman–Crippen MR) is 136 cm³/mol. The summed E-state index contributed by atoms with van der Waals surface area (Å²) in [5.41, 5.74) is 3.90. The highest BCUT2D eigenvalue weighted by Crippen LogP contribution is 2.19. The van der Waals surface area contributed by atoms with Gasteiger partial charge in [-0.2, -0.15) is 0 Å². The van der Waals surface area contributed by atoms with E-state index in [-0.39, 0.29) is 18.1 Å². The molecule has 3 unspecified atom stereocenters. The zero-order valence-electron chi connectivity index (χ0n) is 19.8. The van der Waals surface area contributed by atoms with Crippen LogP contribution in [0.3, 0.4) is 0 Å². The fraction of sp³-hybridized carbons (Fsp3) is 0.414. The van der Waals surface area contributed by atoms with Gasteiger partial charge in [0.2, 0.25) is 5.91 Å². The van der Waals surface area contributed by atoms with E-state index in [1.54, 1.807) is 0 Å². The summed E-state index contributed by atoms with van der Waals surface area (Å²) in [6, 6.07) is 18.8. The van der Waals surface area contributed by atoms with E-state index in [1.165, 1.54) is 11.1 Å². The molecular weight excluding hydrogens is 408 g/mol. The van der Waals surface area contributed by atoms with Crippen molar-refractivity contribution in [3.05, 3.63) is 96.1 Å². The summed E-state index contributed by atoms with van der Waals surface area (Å²) < 4.78 is 6.12. The molecular formula is C29H38N2O2. The van der Waals surface area contributed by atoms with E-state index in [4.69, 9.17) is 4.74 Å². The molecule has 0 bridgehead atoms. The quantitative estimate of drug-likeness (QED) is 0.467. The zero-order valence-corrected chi connectivity index (χ0v) is 19.8. The van der Waals surface area contributed by atoms with Crippen molar-refractivity contribution < 1.29 is 9.53 Å². The zero-order chi connectivity index (χ0) is 23.3. The molecule has 33 heavy (non-hydrogen) atoms. The van der Waals surface area contributed by atoms with Crippen molar-refractivity contribution in [2.45, 2.75) is 51.2 Å². The maximum atomic E-state index is 12.2. The van der Waals surface area contributed by atoms with Gasteiger partial charge < -0.3 is 15.4 Å². The van der Waals surface area contributed by atoms with Crippen LogP contribution in [0.25, 0.3) is 0 Å². The molecule has 2 N–H and O–H groups in total. The number of allylic oxidation sites excluding steroid dienone is 3. The summed E-state index contributed by atoms with van der Waals surface area (Å²) in [6.07, 6.45) is 10.9. The molecule has 2 aromatic rings. The van der Waals surface area contributed by atoms with Gasteiger partial charge >= 0.3 is 0 Å². The number of morpholine rings is 1. The number of carbonyl (C=O) groups is 1. The molecule has 1 aliphatic rings. The van der Waals surface area contributed by atoms with E-state index >= 15 is 0 Å². The van der Waals surface area contributed by atoms with Crippen molar-refractivity contribution in [2.24, 2.45) is 5.92 Å². The van der Waals surface area contributed by atoms with Crippen LogP contribution in [0.1, 0.15) is 36.5 Å². The van der Waals surface area contributed by atoms with E-state index in [2.05, 4.69) is 54.5 Å². The molecule has 0 saturated carbocycles. The fourth-order valence-corrected chi connectivity index (χ4v) is 4.25. The average Bonchev–Trinajstić information content (AvgIpc) is 2.84. The number of ether oxygens (including phenoxy) is 1. The summed E-state index contributed by atoms with van der Waals surface area (Å²) in [6.45, 7) is 8.09. The van der Waals surface area contributed by atoms with Crippen molar-refractivity contribution in [3.63, 3.8) is 0 Å². The van der Waals surface area contributed by atoms with Crippen molar-refractivity contribution in [2.75, 3.05) is 19.7 Å². The Morgan fingerprint density at radius 2 is 1.94 bits per heavy atom. The van der Waals surface area contributed by atoms with Crippen molar-refractivity contribution in [1.29, 1.82) is 0 Å². The third-order valence-electron chi connectivity index (χ3n) is 6.15. The maximum Gasteiger partial charge on any atom is 0.224 e. The van der Waals surface area contributed by atoms with Gasteiger partial charge in [0.15, 0.2) is 0 Å². The summed E-state index contributed by atoms with van der Waals surface area (Å²) in [7, 11) is 0. The lowest BCUT2D eigenvalue weighted by Gasteiger charge is -2.30. The number of hydrogen-bond acceptors (Lipinski definition) is 3. The minimum atomic E-state index is 0.0518. The second-order valence-electron chi connectivity index (χ2n) is 9.04. The molecule has 3 atom stereocenters. The average molecular weight is 447 g/mol. The molecule has 1 heterocycles. The van der Waals surface area contributed by atoms with Crippen LogP contribution in [0.15, 0.2) is 79.4 Å². The maximum absolute atomic E-state index is 12.2. The van der Waals surface area contributed by atoms with Crippen LogP contribution in [0.2, 0.25) is 0 Å². The van der Waals surface area contributed by atoms with Gasteiger partial charge in [-0.3, -0.25) is 4.79 Å². The van der Waals surface area contributed by atoms with Gasteiger partial charge in [0.05, 0.1) is 19.1 Å². The Kier molecular flexibility index (Phi) is 10.4. The molecule has 1 fully saturated rings. The Bertz CT molecular complexity index is 886. The summed E-state index contributed by atoms with van der Waals surface area (Å²) in [5, 5.41) is 6.57. The van der Waals surface area contributed by atoms with Crippen LogP contribution in [0, 0.1) is 5.92 Å². The lowest BCUT2D eigenvalue weighted by atomic mass is 9.92. The van der Waals surface area contributed by atoms with Gasteiger partial charge in [0.25, 0.3) is 0 Å². The van der Waals surface area contributed by atoms with E-state index in [9.17, 15) is 4.79 Å². The van der Waals surface area contributed by atoms with Gasteiger partial charge in [-0.15, -0.1) is 0 Å². The van der Waals surface area contributed by atoms with Crippen LogP contribution < -0.4 is 10.6 Å². The topological polar surface area (TPSA) is 50.4 Å². The molecule has 0 spiro atoms. The first-order valence-electron chi connectivity index (χ1n) is 12.1. The van der Waals surface area contributed by atoms with Gasteiger partial charge in [-0.05, 0) is 48.3 Å². The molecule has 3 rings (SSSR count). The lowest BCUT2D eigenvalue weighted by molar-refractivity contribution is -0.120. The number of hydrogen-bond donors (Lipinski definition) is 2. The SMILES string of the molecule is C=CC=CCC(C)Cc1ccccc1CCC1CNC(CNC(=O)Cc2ccccc2)CO1. The van der Waals surface area contributed by atoms with Crippen LogP contribution >= 0.6 is 0 Å². The largest absolute Gasteiger partial charge is 0.375 e. The molecule has 4 nitrogen and oxygen atoms in total. The number of nitrogens with one attached hydrogen (secondary N) is 2. The van der Waals surface area contributed by atoms with E-state index in [0.29, 0.717) is 25.5 Å². The molecule has 176 valence electrons. The molecule has 0 radical (unpaired) electrons. The van der Waals surface area contributed by atoms with Crippen LogP contribution in [-0.2, 0) is 28.8 Å². The second kappa shape index (κ2) is 13.8. The van der Waals surface area contributed by atoms with Gasteiger partial charge in [-0.1, -0.05) is 86.3 Å². The van der Waals surface area contributed by atoms with Crippen LogP contribution in [0.4, 0.5) is 0 Å². The van der Waals surface area contributed by atoms with Crippen LogP contribution in [-0.4, -0.2) is 37.7 Å². The second-order valence-corrected chi connectivity index (χ2v) is 9.04. The Hall–Kier alpha value is -2.69. The highest BCUT2D eigenvalue weighted by molar-refractivity contribution is 5.78. The number of rotatable bonds is 12. The number of amides is 1. The molecule has 2 aromatic carbocycles. The van der Waals surface area contributed by atoms with Gasteiger partial charge in [-0.25, -0.2) is 0 Å². The molecule has 0 aliphatic carbocycles. The number of aryl methyl sites for hydroxylation is 1. The molecule has 1 amide bonds. The third kappa shape index (κ3) is 8.99. The first-order chi connectivity index (χ1) is 16.1.